The van der Waals surface area contributed by atoms with E-state index < -0.39 is 23.3 Å². The lowest BCUT2D eigenvalue weighted by molar-refractivity contribution is 0.286. The summed E-state index contributed by atoms with van der Waals surface area (Å²) in [6.45, 7) is 8.15. The summed E-state index contributed by atoms with van der Waals surface area (Å²) in [5.74, 6) is -3.38. The molecule has 2 aromatic rings. The van der Waals surface area contributed by atoms with Crippen LogP contribution in [0.3, 0.4) is 0 Å². The van der Waals surface area contributed by atoms with Gasteiger partial charge in [0.1, 0.15) is 0 Å². The summed E-state index contributed by atoms with van der Waals surface area (Å²) in [6.07, 6.45) is 13.5. The van der Waals surface area contributed by atoms with Gasteiger partial charge in [-0.2, -0.15) is 4.39 Å². The molecule has 2 aromatic carbocycles. The summed E-state index contributed by atoms with van der Waals surface area (Å²) in [4.78, 5) is 0. The van der Waals surface area contributed by atoms with E-state index in [0.29, 0.717) is 23.7 Å². The van der Waals surface area contributed by atoms with Gasteiger partial charge in [-0.25, -0.2) is 13.2 Å². The highest BCUT2D eigenvalue weighted by molar-refractivity contribution is 5.76. The van der Waals surface area contributed by atoms with Crippen LogP contribution in [-0.4, -0.2) is 6.61 Å². The monoisotopic (exact) mass is 498 g/mol. The smallest absolute Gasteiger partial charge is 0.201 e. The lowest BCUT2D eigenvalue weighted by Crippen LogP contribution is -2.04. The van der Waals surface area contributed by atoms with Crippen LogP contribution in [-0.2, 0) is 6.42 Å². The second kappa shape index (κ2) is 13.3. The van der Waals surface area contributed by atoms with Crippen LogP contribution in [0, 0.1) is 29.2 Å². The van der Waals surface area contributed by atoms with Gasteiger partial charge in [0.05, 0.1) is 6.61 Å². The number of halogens is 4. The van der Waals surface area contributed by atoms with E-state index in [1.54, 1.807) is 24.3 Å². The van der Waals surface area contributed by atoms with Gasteiger partial charge in [-0.05, 0) is 66.9 Å². The van der Waals surface area contributed by atoms with Crippen molar-refractivity contribution in [2.24, 2.45) is 5.92 Å². The fourth-order valence-corrected chi connectivity index (χ4v) is 4.28. The Balaban J connectivity index is 1.76. The first-order valence-corrected chi connectivity index (χ1v) is 12.6. The molecule has 1 aliphatic carbocycles. The summed E-state index contributed by atoms with van der Waals surface area (Å²) in [5.41, 5.74) is 1.74. The third-order valence-electron chi connectivity index (χ3n) is 6.48. The highest BCUT2D eigenvalue weighted by Gasteiger charge is 2.19. The quantitative estimate of drug-likeness (QED) is 0.170. The summed E-state index contributed by atoms with van der Waals surface area (Å²) in [6, 6.07) is 6.05. The van der Waals surface area contributed by atoms with Crippen LogP contribution in [0.1, 0.15) is 69.1 Å². The van der Waals surface area contributed by atoms with E-state index >= 15 is 0 Å². The summed E-state index contributed by atoms with van der Waals surface area (Å²) in [7, 11) is 0. The van der Waals surface area contributed by atoms with Crippen LogP contribution in [0.25, 0.3) is 11.1 Å². The predicted octanol–water partition coefficient (Wildman–Crippen LogP) is 9.38. The molecule has 36 heavy (non-hydrogen) atoms. The van der Waals surface area contributed by atoms with Crippen molar-refractivity contribution >= 4 is 11.1 Å². The summed E-state index contributed by atoms with van der Waals surface area (Å²) < 4.78 is 64.4. The standard InChI is InChI=1S/C31H34F4O/c1-4-6-7-20-36-27-19-18-26(30(34)31(27)35)22(9-5-2)10-8-11-24-16-17-25(29(33)28(24)32)23-14-12-21(3)13-15-23/h5,8-10,14,16-19,21H,2,4,6-7,11-13,15,20H2,1,3H3/b10-8-,22-9+. The molecule has 0 saturated heterocycles. The third kappa shape index (κ3) is 6.77. The van der Waals surface area contributed by atoms with Crippen molar-refractivity contribution in [1.29, 1.82) is 0 Å². The molecule has 0 radical (unpaired) electrons. The Hall–Kier alpha value is -3.08. The molecule has 1 aliphatic rings. The molecule has 0 aromatic heterocycles. The molecule has 0 saturated carbocycles. The molecule has 0 amide bonds. The number of hydrogen-bond donors (Lipinski definition) is 0. The van der Waals surface area contributed by atoms with Crippen LogP contribution >= 0.6 is 0 Å². The maximum absolute atomic E-state index is 14.8. The van der Waals surface area contributed by atoms with E-state index in [-0.39, 0.29) is 23.3 Å². The van der Waals surface area contributed by atoms with Gasteiger partial charge >= 0.3 is 0 Å². The van der Waals surface area contributed by atoms with Gasteiger partial charge < -0.3 is 4.74 Å². The molecule has 0 N–H and O–H groups in total. The molecule has 192 valence electrons. The van der Waals surface area contributed by atoms with Crippen molar-refractivity contribution in [3.8, 4) is 5.75 Å². The molecule has 0 aliphatic heterocycles. The van der Waals surface area contributed by atoms with E-state index in [1.165, 1.54) is 24.3 Å². The summed E-state index contributed by atoms with van der Waals surface area (Å²) in [5, 5.41) is 0. The number of hydrogen-bond acceptors (Lipinski definition) is 1. The second-order valence-electron chi connectivity index (χ2n) is 9.27. The highest BCUT2D eigenvalue weighted by atomic mass is 19.2. The Kier molecular flexibility index (Phi) is 10.2. The Labute approximate surface area is 211 Å². The SMILES string of the molecule is C=C/C=C(\C=C/Cc1ccc(C2=CCC(C)CC2)c(F)c1F)c1ccc(OCCCCC)c(F)c1F. The van der Waals surface area contributed by atoms with Crippen molar-refractivity contribution in [3.63, 3.8) is 0 Å². The zero-order valence-electron chi connectivity index (χ0n) is 21.1. The predicted molar refractivity (Wildman–Crippen MR) is 140 cm³/mol. The van der Waals surface area contributed by atoms with Crippen molar-refractivity contribution in [1.82, 2.24) is 0 Å². The van der Waals surface area contributed by atoms with Gasteiger partial charge in [-0.3, -0.25) is 0 Å². The third-order valence-corrected chi connectivity index (χ3v) is 6.48. The molecule has 1 unspecified atom stereocenters. The van der Waals surface area contributed by atoms with Crippen LogP contribution < -0.4 is 4.74 Å². The molecule has 0 heterocycles. The van der Waals surface area contributed by atoms with E-state index in [9.17, 15) is 17.6 Å². The second-order valence-corrected chi connectivity index (χ2v) is 9.27. The van der Waals surface area contributed by atoms with Crippen LogP contribution in [0.15, 0.2) is 61.2 Å². The molecule has 0 fully saturated rings. The molecule has 3 rings (SSSR count). The number of ether oxygens (including phenoxy) is 1. The maximum atomic E-state index is 14.8. The van der Waals surface area contributed by atoms with Crippen LogP contribution in [0.4, 0.5) is 17.6 Å². The van der Waals surface area contributed by atoms with Gasteiger partial charge in [0.15, 0.2) is 23.2 Å². The number of benzene rings is 2. The Morgan fingerprint density at radius 1 is 1.03 bits per heavy atom. The molecule has 1 nitrogen and oxygen atoms in total. The Bertz CT molecular complexity index is 1160. The van der Waals surface area contributed by atoms with E-state index in [4.69, 9.17) is 4.74 Å². The number of allylic oxidation sites excluding steroid dienone is 7. The number of unbranched alkanes of at least 4 members (excludes halogenated alkanes) is 2. The highest BCUT2D eigenvalue weighted by Crippen LogP contribution is 2.33. The zero-order chi connectivity index (χ0) is 26.1. The molecular formula is C31H34F4O. The van der Waals surface area contributed by atoms with Gasteiger partial charge in [0, 0.05) is 11.1 Å². The minimum atomic E-state index is -1.05. The van der Waals surface area contributed by atoms with E-state index in [2.05, 4.69) is 13.5 Å². The maximum Gasteiger partial charge on any atom is 0.201 e. The first-order chi connectivity index (χ1) is 17.4. The first kappa shape index (κ1) is 27.5. The minimum Gasteiger partial charge on any atom is -0.490 e. The Morgan fingerprint density at radius 2 is 1.83 bits per heavy atom. The molecule has 0 bridgehead atoms. The average molecular weight is 499 g/mol. The van der Waals surface area contributed by atoms with Gasteiger partial charge in [-0.15, -0.1) is 0 Å². The normalized spacial score (nSPS) is 16.3. The summed E-state index contributed by atoms with van der Waals surface area (Å²) >= 11 is 0. The molecule has 5 heteroatoms. The van der Waals surface area contributed by atoms with Gasteiger partial charge in [0.25, 0.3) is 0 Å². The largest absolute Gasteiger partial charge is 0.490 e. The fraction of sp³-hybridized carbons (Fsp3) is 0.355. The van der Waals surface area contributed by atoms with Crippen molar-refractivity contribution in [2.75, 3.05) is 6.61 Å². The van der Waals surface area contributed by atoms with Crippen molar-refractivity contribution in [3.05, 3.63) is 101 Å². The minimum absolute atomic E-state index is 0.0324. The first-order valence-electron chi connectivity index (χ1n) is 12.6. The molecule has 0 spiro atoms. The van der Waals surface area contributed by atoms with Crippen LogP contribution in [0.2, 0.25) is 0 Å². The lowest BCUT2D eigenvalue weighted by atomic mass is 9.87. The zero-order valence-corrected chi connectivity index (χ0v) is 21.1. The van der Waals surface area contributed by atoms with Crippen LogP contribution in [0.5, 0.6) is 5.75 Å². The van der Waals surface area contributed by atoms with Crippen molar-refractivity contribution in [2.45, 2.75) is 58.8 Å². The van der Waals surface area contributed by atoms with Gasteiger partial charge in [-0.1, -0.05) is 75.8 Å². The fourth-order valence-electron chi connectivity index (χ4n) is 4.28. The van der Waals surface area contributed by atoms with Gasteiger partial charge in [0.2, 0.25) is 5.82 Å². The average Bonchev–Trinajstić information content (AvgIpc) is 2.87. The van der Waals surface area contributed by atoms with E-state index in [0.717, 1.165) is 44.1 Å². The topological polar surface area (TPSA) is 9.23 Å². The molecular weight excluding hydrogens is 464 g/mol. The number of rotatable bonds is 11. The Morgan fingerprint density at radius 3 is 2.53 bits per heavy atom. The molecule has 1 atom stereocenters. The lowest BCUT2D eigenvalue weighted by Gasteiger charge is -2.19. The van der Waals surface area contributed by atoms with Crippen molar-refractivity contribution < 1.29 is 22.3 Å². The van der Waals surface area contributed by atoms with E-state index in [1.807, 2.05) is 13.0 Å².